The highest BCUT2D eigenvalue weighted by atomic mass is 32.2. The van der Waals surface area contributed by atoms with Crippen molar-refractivity contribution in [3.05, 3.63) is 0 Å². The average Bonchev–Trinajstić information content (AvgIpc) is 2.85. The highest BCUT2D eigenvalue weighted by molar-refractivity contribution is 7.97. The standard InChI is InChI=1S/C16H26F3NO4S.C2H4O/c1-10-8-12(23-13(10)11(2)21)9-20(14(22)24-15(3,4)5)25-7-6-16(17,18)19;1-2-3/h10,12-13H,6-9H2,1-5H3;2H,1H3. The Balaban J connectivity index is 0.00000227. The summed E-state index contributed by atoms with van der Waals surface area (Å²) in [6.45, 7) is 9.88. The topological polar surface area (TPSA) is 72.9 Å². The van der Waals surface area contributed by atoms with Crippen molar-refractivity contribution in [1.29, 1.82) is 0 Å². The maximum Gasteiger partial charge on any atom is 0.420 e. The number of ketones is 1. The van der Waals surface area contributed by atoms with Gasteiger partial charge in [-0.15, -0.1) is 0 Å². The van der Waals surface area contributed by atoms with Gasteiger partial charge in [0.05, 0.1) is 19.1 Å². The van der Waals surface area contributed by atoms with Gasteiger partial charge in [-0.25, -0.2) is 9.10 Å². The lowest BCUT2D eigenvalue weighted by Gasteiger charge is -2.28. The first-order chi connectivity index (χ1) is 12.7. The van der Waals surface area contributed by atoms with Crippen LogP contribution in [0.5, 0.6) is 0 Å². The Morgan fingerprint density at radius 3 is 2.21 bits per heavy atom. The number of nitrogens with zero attached hydrogens (tertiary/aromatic N) is 1. The van der Waals surface area contributed by atoms with Crippen LogP contribution in [0.25, 0.3) is 0 Å². The minimum Gasteiger partial charge on any atom is -0.443 e. The molecule has 1 fully saturated rings. The van der Waals surface area contributed by atoms with E-state index in [9.17, 15) is 22.8 Å². The van der Waals surface area contributed by atoms with E-state index in [2.05, 4.69) is 0 Å². The van der Waals surface area contributed by atoms with E-state index in [1.165, 1.54) is 13.8 Å². The van der Waals surface area contributed by atoms with Crippen LogP contribution in [0.3, 0.4) is 0 Å². The van der Waals surface area contributed by atoms with E-state index in [-0.39, 0.29) is 24.0 Å². The summed E-state index contributed by atoms with van der Waals surface area (Å²) >= 11 is 0.769. The Bertz CT molecular complexity index is 522. The summed E-state index contributed by atoms with van der Waals surface area (Å²) in [7, 11) is 0. The second kappa shape index (κ2) is 11.6. The molecule has 1 rings (SSSR count). The monoisotopic (exact) mass is 429 g/mol. The van der Waals surface area contributed by atoms with Gasteiger partial charge in [0.25, 0.3) is 0 Å². The number of hydrogen-bond donors (Lipinski definition) is 0. The molecule has 0 radical (unpaired) electrons. The third-order valence-corrected chi connectivity index (χ3v) is 4.49. The lowest BCUT2D eigenvalue weighted by Crippen LogP contribution is -2.37. The van der Waals surface area contributed by atoms with E-state index in [0.717, 1.165) is 22.5 Å². The summed E-state index contributed by atoms with van der Waals surface area (Å²) in [6.07, 6.45) is -5.63. The van der Waals surface area contributed by atoms with E-state index in [0.29, 0.717) is 6.42 Å². The van der Waals surface area contributed by atoms with Crippen LogP contribution >= 0.6 is 11.9 Å². The second-order valence-corrected chi connectivity index (χ2v) is 8.59. The summed E-state index contributed by atoms with van der Waals surface area (Å²) in [5.74, 6) is -0.382. The van der Waals surface area contributed by atoms with Crippen molar-refractivity contribution in [1.82, 2.24) is 4.31 Å². The molecule has 0 bridgehead atoms. The molecule has 6 nitrogen and oxygen atoms in total. The van der Waals surface area contributed by atoms with Gasteiger partial charge in [-0.3, -0.25) is 4.79 Å². The number of alkyl halides is 3. The van der Waals surface area contributed by atoms with Crippen LogP contribution in [-0.4, -0.2) is 58.8 Å². The van der Waals surface area contributed by atoms with Crippen molar-refractivity contribution in [2.45, 2.75) is 78.4 Å². The fourth-order valence-electron chi connectivity index (χ4n) is 2.50. The van der Waals surface area contributed by atoms with Crippen LogP contribution in [0.15, 0.2) is 0 Å². The Kier molecular flexibility index (Phi) is 11.1. The van der Waals surface area contributed by atoms with Crippen molar-refractivity contribution in [2.75, 3.05) is 12.3 Å². The molecule has 0 aromatic carbocycles. The van der Waals surface area contributed by atoms with Crippen LogP contribution < -0.4 is 0 Å². The lowest BCUT2D eigenvalue weighted by atomic mass is 9.99. The van der Waals surface area contributed by atoms with E-state index in [1.54, 1.807) is 20.8 Å². The summed E-state index contributed by atoms with van der Waals surface area (Å²) < 4.78 is 49.2. The third-order valence-electron chi connectivity index (χ3n) is 3.49. The number of carbonyl (C=O) groups is 3. The molecule has 3 unspecified atom stereocenters. The van der Waals surface area contributed by atoms with E-state index in [4.69, 9.17) is 14.3 Å². The van der Waals surface area contributed by atoms with Gasteiger partial charge in [0.2, 0.25) is 0 Å². The number of hydrogen-bond acceptors (Lipinski definition) is 6. The minimum absolute atomic E-state index is 0.00293. The van der Waals surface area contributed by atoms with Crippen LogP contribution in [0.1, 0.15) is 54.4 Å². The zero-order valence-electron chi connectivity index (χ0n) is 17.2. The Labute approximate surface area is 168 Å². The van der Waals surface area contributed by atoms with Crippen molar-refractivity contribution < 1.29 is 37.0 Å². The fraction of sp³-hybridized carbons (Fsp3) is 0.833. The first kappa shape index (κ1) is 26.7. The van der Waals surface area contributed by atoms with Gasteiger partial charge in [0.1, 0.15) is 18.0 Å². The first-order valence-electron chi connectivity index (χ1n) is 8.96. The average molecular weight is 430 g/mol. The first-order valence-corrected chi connectivity index (χ1v) is 9.90. The quantitative estimate of drug-likeness (QED) is 0.460. The molecule has 1 aliphatic heterocycles. The molecular formula is C18H30F3NO5S. The molecule has 3 atom stereocenters. The molecule has 0 aliphatic carbocycles. The normalized spacial score (nSPS) is 22.1. The SMILES string of the molecule is CC(=O)C1OC(CN(SCCC(F)(F)F)C(=O)OC(C)(C)C)CC1C.CC=O. The molecule has 0 saturated carbocycles. The maximum atomic E-state index is 12.4. The smallest absolute Gasteiger partial charge is 0.420 e. The van der Waals surface area contributed by atoms with Gasteiger partial charge in [0.15, 0.2) is 5.78 Å². The van der Waals surface area contributed by atoms with E-state index < -0.39 is 36.5 Å². The van der Waals surface area contributed by atoms with Crippen LogP contribution in [0.4, 0.5) is 18.0 Å². The number of carbonyl (C=O) groups excluding carboxylic acids is 3. The van der Waals surface area contributed by atoms with Crippen molar-refractivity contribution in [2.24, 2.45) is 5.92 Å². The molecule has 1 saturated heterocycles. The van der Waals surface area contributed by atoms with Gasteiger partial charge in [-0.2, -0.15) is 13.2 Å². The number of aldehydes is 1. The molecule has 164 valence electrons. The van der Waals surface area contributed by atoms with Gasteiger partial charge in [-0.05, 0) is 58.9 Å². The highest BCUT2D eigenvalue weighted by Gasteiger charge is 2.37. The highest BCUT2D eigenvalue weighted by Crippen LogP contribution is 2.30. The molecular weight excluding hydrogens is 399 g/mol. The number of halogens is 3. The molecule has 0 N–H and O–H groups in total. The van der Waals surface area contributed by atoms with Crippen molar-refractivity contribution >= 4 is 30.1 Å². The number of rotatable bonds is 6. The fourth-order valence-corrected chi connectivity index (χ4v) is 3.46. The van der Waals surface area contributed by atoms with Crippen molar-refractivity contribution in [3.8, 4) is 0 Å². The number of amides is 1. The predicted molar refractivity (Wildman–Crippen MR) is 101 cm³/mol. The number of Topliss-reactive ketones (excluding diaryl/α,β-unsaturated/α-hetero) is 1. The van der Waals surface area contributed by atoms with E-state index in [1.807, 2.05) is 6.92 Å². The molecule has 1 heterocycles. The Morgan fingerprint density at radius 2 is 1.82 bits per heavy atom. The van der Waals surface area contributed by atoms with Gasteiger partial charge < -0.3 is 14.3 Å². The summed E-state index contributed by atoms with van der Waals surface area (Å²) in [5, 5.41) is 0. The van der Waals surface area contributed by atoms with Crippen LogP contribution in [-0.2, 0) is 19.1 Å². The van der Waals surface area contributed by atoms with Crippen molar-refractivity contribution in [3.63, 3.8) is 0 Å². The molecule has 10 heteroatoms. The summed E-state index contributed by atoms with van der Waals surface area (Å²) in [5.41, 5.74) is -0.758. The Hall–Kier alpha value is -1.29. The Morgan fingerprint density at radius 1 is 1.29 bits per heavy atom. The summed E-state index contributed by atoms with van der Waals surface area (Å²) in [6, 6.07) is 0. The van der Waals surface area contributed by atoms with E-state index >= 15 is 0 Å². The molecule has 28 heavy (non-hydrogen) atoms. The molecule has 0 spiro atoms. The second-order valence-electron chi connectivity index (χ2n) is 7.48. The van der Waals surface area contributed by atoms with Gasteiger partial charge >= 0.3 is 12.3 Å². The lowest BCUT2D eigenvalue weighted by molar-refractivity contribution is -0.130. The minimum atomic E-state index is -4.29. The van der Waals surface area contributed by atoms with Crippen LogP contribution in [0.2, 0.25) is 0 Å². The van der Waals surface area contributed by atoms with Crippen LogP contribution in [0, 0.1) is 5.92 Å². The number of ether oxygens (including phenoxy) is 2. The predicted octanol–water partition coefficient (Wildman–Crippen LogP) is 4.41. The largest absolute Gasteiger partial charge is 0.443 e. The molecule has 0 aromatic rings. The summed E-state index contributed by atoms with van der Waals surface area (Å²) in [4.78, 5) is 32.6. The van der Waals surface area contributed by atoms with Gasteiger partial charge in [-0.1, -0.05) is 6.92 Å². The zero-order chi connectivity index (χ0) is 22.1. The van der Waals surface area contributed by atoms with Gasteiger partial charge in [0, 0.05) is 5.75 Å². The molecule has 0 aromatic heterocycles. The maximum absolute atomic E-state index is 12.4. The third kappa shape index (κ3) is 11.5. The zero-order valence-corrected chi connectivity index (χ0v) is 18.0. The molecule has 1 aliphatic rings. The molecule has 1 amide bonds.